The third-order valence-electron chi connectivity index (χ3n) is 4.88. The highest BCUT2D eigenvalue weighted by Gasteiger charge is 2.34. The van der Waals surface area contributed by atoms with E-state index in [0.717, 1.165) is 17.7 Å². The second-order valence-corrected chi connectivity index (χ2v) is 7.94. The minimum absolute atomic E-state index is 0.0888. The highest BCUT2D eigenvalue weighted by molar-refractivity contribution is 7.14. The molecular formula is C19H20N2O3S. The van der Waals surface area contributed by atoms with Crippen LogP contribution in [0.25, 0.3) is 0 Å². The first-order valence-electron chi connectivity index (χ1n) is 8.51. The molecule has 1 aliphatic heterocycles. The third-order valence-corrected chi connectivity index (χ3v) is 6.10. The molecule has 1 aromatic heterocycles. The summed E-state index contributed by atoms with van der Waals surface area (Å²) in [6.07, 6.45) is 2.42. The van der Waals surface area contributed by atoms with Gasteiger partial charge in [0.05, 0.1) is 17.1 Å². The average Bonchev–Trinajstić information content (AvgIpc) is 3.03. The van der Waals surface area contributed by atoms with E-state index in [1.165, 1.54) is 16.9 Å². The van der Waals surface area contributed by atoms with Gasteiger partial charge >= 0.3 is 0 Å². The molecule has 4 rings (SSSR count). The van der Waals surface area contributed by atoms with Crippen molar-refractivity contribution in [2.24, 2.45) is 11.7 Å². The predicted octanol–water partition coefficient (Wildman–Crippen LogP) is 2.77. The summed E-state index contributed by atoms with van der Waals surface area (Å²) in [5.74, 6) is 0.523. The molecule has 0 radical (unpaired) electrons. The first kappa shape index (κ1) is 16.1. The fourth-order valence-electron chi connectivity index (χ4n) is 3.52. The van der Waals surface area contributed by atoms with Gasteiger partial charge in [0.15, 0.2) is 6.10 Å². The molecule has 2 aromatic rings. The van der Waals surface area contributed by atoms with Crippen LogP contribution in [0, 0.1) is 5.92 Å². The number of ether oxygens (including phenoxy) is 1. The first-order chi connectivity index (χ1) is 12.0. The van der Waals surface area contributed by atoms with Crippen LogP contribution in [0.5, 0.6) is 5.75 Å². The van der Waals surface area contributed by atoms with Gasteiger partial charge in [-0.25, -0.2) is 0 Å². The number of primary amides is 1. The number of nitrogens with two attached hydrogens (primary N) is 1. The zero-order chi connectivity index (χ0) is 17.6. The molecule has 5 nitrogen and oxygen atoms in total. The minimum atomic E-state index is -0.826. The van der Waals surface area contributed by atoms with Crippen molar-refractivity contribution in [2.45, 2.75) is 32.3 Å². The number of amides is 2. The molecule has 6 heteroatoms. The van der Waals surface area contributed by atoms with Crippen LogP contribution in [0.2, 0.25) is 0 Å². The Labute approximate surface area is 150 Å². The number of aryl methyl sites for hydroxylation is 1. The highest BCUT2D eigenvalue weighted by Crippen LogP contribution is 2.37. The molecule has 2 aliphatic rings. The number of thiophene rings is 1. The number of hydrogen-bond donors (Lipinski definition) is 1. The third kappa shape index (κ3) is 2.91. The molecule has 0 saturated carbocycles. The van der Waals surface area contributed by atoms with Gasteiger partial charge < -0.3 is 10.5 Å². The maximum atomic E-state index is 13.2. The van der Waals surface area contributed by atoms with Gasteiger partial charge in [0, 0.05) is 4.88 Å². The Morgan fingerprint density at radius 1 is 1.32 bits per heavy atom. The Morgan fingerprint density at radius 3 is 2.92 bits per heavy atom. The zero-order valence-corrected chi connectivity index (χ0v) is 14.8. The lowest BCUT2D eigenvalue weighted by Crippen LogP contribution is -2.49. The van der Waals surface area contributed by atoms with Gasteiger partial charge in [0.25, 0.3) is 11.8 Å². The molecule has 0 unspecified atom stereocenters. The number of para-hydroxylation sites is 2. The van der Waals surface area contributed by atoms with Crippen LogP contribution in [-0.4, -0.2) is 24.5 Å². The van der Waals surface area contributed by atoms with E-state index in [0.29, 0.717) is 17.4 Å². The SMILES string of the molecule is C[C@H]1CCc2sc(C(=O)N3C[C@@H](C(N)=O)Oc4ccccc43)cc2C1. The van der Waals surface area contributed by atoms with Crippen molar-refractivity contribution < 1.29 is 14.3 Å². The molecular weight excluding hydrogens is 336 g/mol. The summed E-state index contributed by atoms with van der Waals surface area (Å²) in [5, 5.41) is 0. The summed E-state index contributed by atoms with van der Waals surface area (Å²) >= 11 is 1.58. The lowest BCUT2D eigenvalue weighted by atomic mass is 9.90. The Balaban J connectivity index is 1.68. The summed E-state index contributed by atoms with van der Waals surface area (Å²) in [6, 6.07) is 9.28. The van der Waals surface area contributed by atoms with Crippen molar-refractivity contribution in [1.29, 1.82) is 0 Å². The summed E-state index contributed by atoms with van der Waals surface area (Å²) in [5.41, 5.74) is 7.40. The maximum Gasteiger partial charge on any atom is 0.268 e. The monoisotopic (exact) mass is 356 g/mol. The molecule has 2 amide bonds. The van der Waals surface area contributed by atoms with Gasteiger partial charge in [-0.15, -0.1) is 11.3 Å². The van der Waals surface area contributed by atoms with Crippen molar-refractivity contribution >= 4 is 28.8 Å². The minimum Gasteiger partial charge on any atom is -0.477 e. The molecule has 0 spiro atoms. The number of hydrogen-bond acceptors (Lipinski definition) is 4. The summed E-state index contributed by atoms with van der Waals surface area (Å²) in [6.45, 7) is 2.39. The van der Waals surface area contributed by atoms with E-state index in [4.69, 9.17) is 10.5 Å². The molecule has 25 heavy (non-hydrogen) atoms. The topological polar surface area (TPSA) is 72.6 Å². The number of carbonyl (C=O) groups excluding carboxylic acids is 2. The van der Waals surface area contributed by atoms with Crippen LogP contribution >= 0.6 is 11.3 Å². The van der Waals surface area contributed by atoms with Gasteiger partial charge in [-0.2, -0.15) is 0 Å². The van der Waals surface area contributed by atoms with Gasteiger partial charge in [-0.3, -0.25) is 14.5 Å². The lowest BCUT2D eigenvalue weighted by molar-refractivity contribution is -0.124. The van der Waals surface area contributed by atoms with Crippen molar-refractivity contribution in [3.8, 4) is 5.75 Å². The van der Waals surface area contributed by atoms with Crippen LogP contribution in [0.1, 0.15) is 33.5 Å². The van der Waals surface area contributed by atoms with Crippen LogP contribution in [0.4, 0.5) is 5.69 Å². The molecule has 1 aromatic carbocycles. The Morgan fingerprint density at radius 2 is 2.12 bits per heavy atom. The fraction of sp³-hybridized carbons (Fsp3) is 0.368. The van der Waals surface area contributed by atoms with Gasteiger partial charge in [-0.05, 0) is 48.9 Å². The van der Waals surface area contributed by atoms with Crippen molar-refractivity contribution in [1.82, 2.24) is 0 Å². The molecule has 0 saturated heterocycles. The zero-order valence-electron chi connectivity index (χ0n) is 14.0. The largest absolute Gasteiger partial charge is 0.477 e. The molecule has 2 atom stereocenters. The quantitative estimate of drug-likeness (QED) is 0.899. The second-order valence-electron chi connectivity index (χ2n) is 6.80. The number of nitrogens with zero attached hydrogens (tertiary/aromatic N) is 1. The van der Waals surface area contributed by atoms with Gasteiger partial charge in [0.2, 0.25) is 0 Å². The van der Waals surface area contributed by atoms with E-state index in [1.807, 2.05) is 24.3 Å². The standard InChI is InChI=1S/C19H20N2O3S/c1-11-6-7-16-12(8-11)9-17(25-16)19(23)21-10-15(18(20)22)24-14-5-3-2-4-13(14)21/h2-5,9,11,15H,6-8,10H2,1H3,(H2,20,22)/t11-,15-/m0/s1. The summed E-state index contributed by atoms with van der Waals surface area (Å²) < 4.78 is 5.64. The van der Waals surface area contributed by atoms with E-state index in [-0.39, 0.29) is 12.5 Å². The van der Waals surface area contributed by atoms with Gasteiger partial charge in [-0.1, -0.05) is 19.1 Å². The van der Waals surface area contributed by atoms with E-state index >= 15 is 0 Å². The molecule has 2 N–H and O–H groups in total. The van der Waals surface area contributed by atoms with Crippen molar-refractivity contribution in [3.05, 3.63) is 45.6 Å². The molecule has 0 fully saturated rings. The highest BCUT2D eigenvalue weighted by atomic mass is 32.1. The van der Waals surface area contributed by atoms with Crippen LogP contribution in [0.3, 0.4) is 0 Å². The fourth-order valence-corrected chi connectivity index (χ4v) is 4.68. The number of rotatable bonds is 2. The average molecular weight is 356 g/mol. The van der Waals surface area contributed by atoms with Crippen LogP contribution in [-0.2, 0) is 17.6 Å². The normalized spacial score (nSPS) is 21.9. The molecule has 2 heterocycles. The number of benzene rings is 1. The molecule has 1 aliphatic carbocycles. The van der Waals surface area contributed by atoms with E-state index in [2.05, 4.69) is 6.92 Å². The lowest BCUT2D eigenvalue weighted by Gasteiger charge is -2.33. The Bertz CT molecular complexity index is 845. The van der Waals surface area contributed by atoms with E-state index in [1.54, 1.807) is 22.3 Å². The van der Waals surface area contributed by atoms with Crippen molar-refractivity contribution in [2.75, 3.05) is 11.4 Å². The van der Waals surface area contributed by atoms with E-state index in [9.17, 15) is 9.59 Å². The first-order valence-corrected chi connectivity index (χ1v) is 9.33. The summed E-state index contributed by atoms with van der Waals surface area (Å²) in [4.78, 5) is 28.4. The second kappa shape index (κ2) is 6.19. The van der Waals surface area contributed by atoms with E-state index < -0.39 is 12.0 Å². The van der Waals surface area contributed by atoms with Crippen LogP contribution in [0.15, 0.2) is 30.3 Å². The number of carbonyl (C=O) groups is 2. The maximum absolute atomic E-state index is 13.2. The molecule has 130 valence electrons. The summed E-state index contributed by atoms with van der Waals surface area (Å²) in [7, 11) is 0. The molecule has 0 bridgehead atoms. The predicted molar refractivity (Wildman–Crippen MR) is 97.2 cm³/mol. The Hall–Kier alpha value is -2.34. The number of anilines is 1. The Kier molecular flexibility index (Phi) is 4.00. The van der Waals surface area contributed by atoms with Crippen molar-refractivity contribution in [3.63, 3.8) is 0 Å². The van der Waals surface area contributed by atoms with Crippen LogP contribution < -0.4 is 15.4 Å². The van der Waals surface area contributed by atoms with Gasteiger partial charge in [0.1, 0.15) is 5.75 Å². The number of fused-ring (bicyclic) bond motifs is 2. The smallest absolute Gasteiger partial charge is 0.268 e.